The second kappa shape index (κ2) is 9.56. The van der Waals surface area contributed by atoms with E-state index in [1.807, 2.05) is 52.0 Å². The van der Waals surface area contributed by atoms with Crippen LogP contribution in [0.5, 0.6) is 17.2 Å². The maximum absolute atomic E-state index is 12.3. The summed E-state index contributed by atoms with van der Waals surface area (Å²) in [5, 5.41) is 5.66. The first-order chi connectivity index (χ1) is 12.6. The molecule has 0 unspecified atom stereocenters. The molecule has 0 saturated heterocycles. The molecule has 0 aliphatic carbocycles. The van der Waals surface area contributed by atoms with Crippen molar-refractivity contribution in [1.82, 2.24) is 0 Å². The standard InChI is InChI=1S/C20H26N2O4/c1-5-24-17-12-15(13-18(25-6-2)19(17)26-7-3)21-20(23)22-16-11-9-8-10-14(16)4/h8-13H,5-7H2,1-4H3,(H2,21,22,23). The summed E-state index contributed by atoms with van der Waals surface area (Å²) < 4.78 is 17.0. The number of anilines is 2. The molecule has 0 aliphatic heterocycles. The first kappa shape index (κ1) is 19.4. The number of para-hydroxylation sites is 1. The summed E-state index contributed by atoms with van der Waals surface area (Å²) in [6, 6.07) is 10.7. The fourth-order valence-corrected chi connectivity index (χ4v) is 2.46. The van der Waals surface area contributed by atoms with Crippen LogP contribution in [0.3, 0.4) is 0 Å². The van der Waals surface area contributed by atoms with Crippen molar-refractivity contribution in [1.29, 1.82) is 0 Å². The Bertz CT molecular complexity index is 719. The van der Waals surface area contributed by atoms with E-state index in [4.69, 9.17) is 14.2 Å². The first-order valence-electron chi connectivity index (χ1n) is 8.79. The lowest BCUT2D eigenvalue weighted by molar-refractivity contribution is 0.260. The monoisotopic (exact) mass is 358 g/mol. The molecule has 0 fully saturated rings. The quantitative estimate of drug-likeness (QED) is 0.709. The summed E-state index contributed by atoms with van der Waals surface area (Å²) in [6.07, 6.45) is 0. The summed E-state index contributed by atoms with van der Waals surface area (Å²) in [4.78, 5) is 12.3. The van der Waals surface area contributed by atoms with Gasteiger partial charge in [-0.25, -0.2) is 4.79 Å². The predicted molar refractivity (Wildman–Crippen MR) is 104 cm³/mol. The van der Waals surface area contributed by atoms with Crippen molar-refractivity contribution in [3.8, 4) is 17.2 Å². The highest BCUT2D eigenvalue weighted by Crippen LogP contribution is 2.40. The highest BCUT2D eigenvalue weighted by Gasteiger charge is 2.16. The van der Waals surface area contributed by atoms with Crippen molar-refractivity contribution >= 4 is 17.4 Å². The lowest BCUT2D eigenvalue weighted by atomic mass is 10.2. The molecular formula is C20H26N2O4. The molecule has 0 saturated carbocycles. The summed E-state index contributed by atoms with van der Waals surface area (Å²) in [5.74, 6) is 1.61. The van der Waals surface area contributed by atoms with E-state index in [9.17, 15) is 4.79 Å². The molecule has 0 atom stereocenters. The average molecular weight is 358 g/mol. The largest absolute Gasteiger partial charge is 0.490 e. The molecule has 0 bridgehead atoms. The van der Waals surface area contributed by atoms with Crippen molar-refractivity contribution in [3.05, 3.63) is 42.0 Å². The Morgan fingerprint density at radius 2 is 1.46 bits per heavy atom. The van der Waals surface area contributed by atoms with Crippen molar-refractivity contribution in [2.75, 3.05) is 30.5 Å². The zero-order valence-electron chi connectivity index (χ0n) is 15.7. The molecule has 2 aromatic rings. The number of carbonyl (C=O) groups is 1. The van der Waals surface area contributed by atoms with Gasteiger partial charge in [0.05, 0.1) is 25.5 Å². The minimum Gasteiger partial charge on any atom is -0.490 e. The topological polar surface area (TPSA) is 68.8 Å². The number of aryl methyl sites for hydroxylation is 1. The second-order valence-electron chi connectivity index (χ2n) is 5.49. The van der Waals surface area contributed by atoms with Crippen LogP contribution in [0.4, 0.5) is 16.2 Å². The molecule has 0 aromatic heterocycles. The number of hydrogen-bond donors (Lipinski definition) is 2. The van der Waals surface area contributed by atoms with Crippen molar-refractivity contribution < 1.29 is 19.0 Å². The molecule has 2 aromatic carbocycles. The normalized spacial score (nSPS) is 10.2. The van der Waals surface area contributed by atoms with Gasteiger partial charge in [-0.1, -0.05) is 18.2 Å². The van der Waals surface area contributed by atoms with E-state index in [2.05, 4.69) is 10.6 Å². The van der Waals surface area contributed by atoms with Crippen molar-refractivity contribution in [3.63, 3.8) is 0 Å². The Morgan fingerprint density at radius 3 is 2.00 bits per heavy atom. The molecule has 2 rings (SSSR count). The Kier molecular flexibility index (Phi) is 7.14. The van der Waals surface area contributed by atoms with E-state index in [1.165, 1.54) is 0 Å². The van der Waals surface area contributed by atoms with E-state index in [0.717, 1.165) is 11.3 Å². The fourth-order valence-electron chi connectivity index (χ4n) is 2.46. The SMILES string of the molecule is CCOc1cc(NC(=O)Nc2ccccc2C)cc(OCC)c1OCC. The maximum Gasteiger partial charge on any atom is 0.323 e. The van der Waals surface area contributed by atoms with Gasteiger partial charge in [0.1, 0.15) is 0 Å². The van der Waals surface area contributed by atoms with Gasteiger partial charge < -0.3 is 24.8 Å². The minimum absolute atomic E-state index is 0.339. The van der Waals surface area contributed by atoms with Crippen molar-refractivity contribution in [2.24, 2.45) is 0 Å². The Labute approximate surface area is 154 Å². The van der Waals surface area contributed by atoms with Gasteiger partial charge in [0.15, 0.2) is 11.5 Å². The van der Waals surface area contributed by atoms with Crippen LogP contribution < -0.4 is 24.8 Å². The van der Waals surface area contributed by atoms with Gasteiger partial charge in [0.25, 0.3) is 0 Å². The van der Waals surface area contributed by atoms with E-state index in [0.29, 0.717) is 42.8 Å². The van der Waals surface area contributed by atoms with E-state index >= 15 is 0 Å². The zero-order chi connectivity index (χ0) is 18.9. The summed E-state index contributed by atoms with van der Waals surface area (Å²) in [6.45, 7) is 9.05. The third-order valence-electron chi connectivity index (χ3n) is 3.56. The van der Waals surface area contributed by atoms with Gasteiger partial charge in [-0.2, -0.15) is 0 Å². The average Bonchev–Trinajstić information content (AvgIpc) is 2.60. The molecule has 6 heteroatoms. The number of ether oxygens (including phenoxy) is 3. The van der Waals surface area contributed by atoms with Gasteiger partial charge in [-0.05, 0) is 39.3 Å². The zero-order valence-corrected chi connectivity index (χ0v) is 15.7. The molecule has 0 radical (unpaired) electrons. The molecule has 2 N–H and O–H groups in total. The first-order valence-corrected chi connectivity index (χ1v) is 8.79. The number of amides is 2. The molecule has 26 heavy (non-hydrogen) atoms. The molecule has 0 aliphatic rings. The van der Waals surface area contributed by atoms with Gasteiger partial charge in [0.2, 0.25) is 5.75 Å². The third-order valence-corrected chi connectivity index (χ3v) is 3.56. The van der Waals surface area contributed by atoms with Crippen LogP contribution in [-0.2, 0) is 0 Å². The minimum atomic E-state index is -0.339. The Balaban J connectivity index is 2.24. The summed E-state index contributed by atoms with van der Waals surface area (Å²) in [5.41, 5.74) is 2.30. The third kappa shape index (κ3) is 5.05. The van der Waals surface area contributed by atoms with E-state index < -0.39 is 0 Å². The molecular weight excluding hydrogens is 332 g/mol. The number of urea groups is 1. The predicted octanol–water partition coefficient (Wildman–Crippen LogP) is 4.84. The van der Waals surface area contributed by atoms with Crippen molar-refractivity contribution in [2.45, 2.75) is 27.7 Å². The molecule has 0 spiro atoms. The fraction of sp³-hybridized carbons (Fsp3) is 0.350. The molecule has 6 nitrogen and oxygen atoms in total. The number of carbonyl (C=O) groups excluding carboxylic acids is 1. The lowest BCUT2D eigenvalue weighted by Crippen LogP contribution is -2.20. The van der Waals surface area contributed by atoms with Gasteiger partial charge in [0, 0.05) is 17.8 Å². The maximum atomic E-state index is 12.3. The lowest BCUT2D eigenvalue weighted by Gasteiger charge is -2.17. The van der Waals surface area contributed by atoms with Crippen LogP contribution in [0, 0.1) is 6.92 Å². The van der Waals surface area contributed by atoms with E-state index in [1.54, 1.807) is 12.1 Å². The van der Waals surface area contributed by atoms with Crippen LogP contribution in [0.2, 0.25) is 0 Å². The van der Waals surface area contributed by atoms with Crippen LogP contribution in [0.15, 0.2) is 36.4 Å². The highest BCUT2D eigenvalue weighted by atomic mass is 16.5. The molecule has 2 amide bonds. The van der Waals surface area contributed by atoms with Crippen LogP contribution >= 0.6 is 0 Å². The second-order valence-corrected chi connectivity index (χ2v) is 5.49. The number of nitrogens with one attached hydrogen (secondary N) is 2. The van der Waals surface area contributed by atoms with Gasteiger partial charge >= 0.3 is 6.03 Å². The Hall–Kier alpha value is -2.89. The van der Waals surface area contributed by atoms with Crippen LogP contribution in [0.1, 0.15) is 26.3 Å². The van der Waals surface area contributed by atoms with Crippen LogP contribution in [0.25, 0.3) is 0 Å². The number of rotatable bonds is 8. The van der Waals surface area contributed by atoms with Gasteiger partial charge in [-0.3, -0.25) is 0 Å². The van der Waals surface area contributed by atoms with Crippen LogP contribution in [-0.4, -0.2) is 25.9 Å². The Morgan fingerprint density at radius 1 is 0.885 bits per heavy atom. The summed E-state index contributed by atoms with van der Waals surface area (Å²) >= 11 is 0. The number of benzene rings is 2. The van der Waals surface area contributed by atoms with E-state index in [-0.39, 0.29) is 6.03 Å². The number of hydrogen-bond acceptors (Lipinski definition) is 4. The van der Waals surface area contributed by atoms with Gasteiger partial charge in [-0.15, -0.1) is 0 Å². The molecule has 140 valence electrons. The molecule has 0 heterocycles. The smallest absolute Gasteiger partial charge is 0.323 e. The summed E-state index contributed by atoms with van der Waals surface area (Å²) in [7, 11) is 0. The highest BCUT2D eigenvalue weighted by molar-refractivity contribution is 6.00.